The Bertz CT molecular complexity index is 1540. The molecule has 2 aliphatic rings. The van der Waals surface area contributed by atoms with Gasteiger partial charge >= 0.3 is 18.1 Å². The van der Waals surface area contributed by atoms with Crippen LogP contribution in [0.25, 0.3) is 0 Å². The summed E-state index contributed by atoms with van der Waals surface area (Å²) in [5, 5.41) is 2.84. The third-order valence-corrected chi connectivity index (χ3v) is 7.67. The molecule has 0 saturated carbocycles. The number of dihydropyridines is 1. The van der Waals surface area contributed by atoms with E-state index in [1.54, 1.807) is 20.8 Å². The van der Waals surface area contributed by atoms with Gasteiger partial charge in [0.2, 0.25) is 0 Å². The van der Waals surface area contributed by atoms with Crippen LogP contribution in [-0.4, -0.2) is 47.6 Å². The minimum atomic E-state index is -4.64. The van der Waals surface area contributed by atoms with Gasteiger partial charge in [0.05, 0.1) is 34.8 Å². The van der Waals surface area contributed by atoms with Crippen molar-refractivity contribution >= 4 is 11.9 Å². The van der Waals surface area contributed by atoms with Crippen molar-refractivity contribution in [3.63, 3.8) is 0 Å². The molecule has 1 saturated heterocycles. The van der Waals surface area contributed by atoms with Gasteiger partial charge in [-0.1, -0.05) is 78.9 Å². The van der Waals surface area contributed by atoms with Gasteiger partial charge in [-0.25, -0.2) is 9.59 Å². The number of nitrogens with zero attached hydrogens (tertiary/aromatic N) is 1. The van der Waals surface area contributed by atoms with Gasteiger partial charge in [-0.2, -0.15) is 13.2 Å². The summed E-state index contributed by atoms with van der Waals surface area (Å²) in [6.45, 7) is 5.72. The molecule has 2 heterocycles. The van der Waals surface area contributed by atoms with Gasteiger partial charge in [0.1, 0.15) is 11.9 Å². The molecule has 3 aromatic rings. The molecule has 11 heteroatoms. The van der Waals surface area contributed by atoms with E-state index in [0.29, 0.717) is 13.1 Å². The number of hydrogen-bond acceptors (Lipinski definition) is 7. The van der Waals surface area contributed by atoms with Crippen LogP contribution in [0.4, 0.5) is 13.2 Å². The molecule has 0 radical (unpaired) electrons. The maximum absolute atomic E-state index is 13.8. The van der Waals surface area contributed by atoms with Crippen LogP contribution in [0.3, 0.4) is 0 Å². The summed E-state index contributed by atoms with van der Waals surface area (Å²) < 4.78 is 52.4. The molecule has 45 heavy (non-hydrogen) atoms. The summed E-state index contributed by atoms with van der Waals surface area (Å²) in [7, 11) is 0. The van der Waals surface area contributed by atoms with Crippen LogP contribution in [0.15, 0.2) is 108 Å². The molecule has 3 aromatic carbocycles. The molecule has 0 aromatic heterocycles. The molecule has 0 spiro atoms. The Labute approximate surface area is 259 Å². The maximum atomic E-state index is 13.8. The van der Waals surface area contributed by atoms with Gasteiger partial charge in [-0.3, -0.25) is 4.90 Å². The summed E-state index contributed by atoms with van der Waals surface area (Å²) in [5.74, 6) is -2.93. The standard InChI is InChI=1S/C34H34F3N3O4.H2O/c1-20(2)43-32(41)27-21(3)39-31(38)29(28(27)24-15-10-16-25(17-24)34(35,36)37)33(42)44-26-18-40(19-26)30(22-11-6-4-7-12-22)23-13-8-5-9-14-23;/h4-17,20,26,28,30,39H,18-19,38H2,1-3H3;1H2. The third-order valence-electron chi connectivity index (χ3n) is 7.67. The fourth-order valence-corrected chi connectivity index (χ4v) is 5.71. The summed E-state index contributed by atoms with van der Waals surface area (Å²) in [6.07, 6.45) is -5.65. The summed E-state index contributed by atoms with van der Waals surface area (Å²) in [5.41, 5.74) is 7.73. The van der Waals surface area contributed by atoms with E-state index in [9.17, 15) is 22.8 Å². The second-order valence-corrected chi connectivity index (χ2v) is 11.2. The Morgan fingerprint density at radius 3 is 2.00 bits per heavy atom. The molecule has 5 rings (SSSR count). The minimum absolute atomic E-state index is 0. The maximum Gasteiger partial charge on any atom is 0.416 e. The van der Waals surface area contributed by atoms with Crippen molar-refractivity contribution in [3.8, 4) is 0 Å². The predicted molar refractivity (Wildman–Crippen MR) is 162 cm³/mol. The number of likely N-dealkylation sites (tertiary alicyclic amines) is 1. The third kappa shape index (κ3) is 7.21. The average Bonchev–Trinajstić information content (AvgIpc) is 2.95. The van der Waals surface area contributed by atoms with Crippen LogP contribution < -0.4 is 11.1 Å². The van der Waals surface area contributed by atoms with Crippen LogP contribution in [0.1, 0.15) is 55.0 Å². The van der Waals surface area contributed by atoms with Crippen LogP contribution in [0.5, 0.6) is 0 Å². The quantitative estimate of drug-likeness (QED) is 0.339. The van der Waals surface area contributed by atoms with Crippen molar-refractivity contribution in [1.82, 2.24) is 10.2 Å². The van der Waals surface area contributed by atoms with E-state index < -0.39 is 41.8 Å². The molecule has 0 aliphatic carbocycles. The van der Waals surface area contributed by atoms with E-state index in [4.69, 9.17) is 15.2 Å². The summed E-state index contributed by atoms with van der Waals surface area (Å²) in [6, 6.07) is 24.4. The van der Waals surface area contributed by atoms with Gasteiger partial charge in [0, 0.05) is 18.8 Å². The number of alkyl halides is 3. The Kier molecular flexibility index (Phi) is 10.0. The Hall–Kier alpha value is -4.61. The predicted octanol–water partition coefficient (Wildman–Crippen LogP) is 4.98. The van der Waals surface area contributed by atoms with Crippen LogP contribution in [-0.2, 0) is 25.2 Å². The van der Waals surface area contributed by atoms with Gasteiger partial charge in [-0.15, -0.1) is 0 Å². The van der Waals surface area contributed by atoms with Gasteiger partial charge in [0.15, 0.2) is 0 Å². The van der Waals surface area contributed by atoms with Crippen molar-refractivity contribution in [2.24, 2.45) is 5.73 Å². The van der Waals surface area contributed by atoms with Crippen LogP contribution >= 0.6 is 0 Å². The number of hydrogen-bond donors (Lipinski definition) is 2. The molecule has 0 amide bonds. The number of esters is 2. The Morgan fingerprint density at radius 1 is 0.889 bits per heavy atom. The molecular weight excluding hydrogens is 587 g/mol. The fraction of sp³-hybridized carbons (Fsp3) is 0.294. The highest BCUT2D eigenvalue weighted by Crippen LogP contribution is 2.41. The lowest BCUT2D eigenvalue weighted by Gasteiger charge is -2.44. The largest absolute Gasteiger partial charge is 0.460 e. The van der Waals surface area contributed by atoms with E-state index in [0.717, 1.165) is 23.3 Å². The lowest BCUT2D eigenvalue weighted by molar-refractivity contribution is -0.154. The molecule has 1 unspecified atom stereocenters. The van der Waals surface area contributed by atoms with E-state index in [2.05, 4.69) is 10.2 Å². The summed E-state index contributed by atoms with van der Waals surface area (Å²) in [4.78, 5) is 29.2. The zero-order chi connectivity index (χ0) is 31.6. The molecule has 5 N–H and O–H groups in total. The number of nitrogens with one attached hydrogen (secondary N) is 1. The number of rotatable bonds is 8. The van der Waals surface area contributed by atoms with Crippen molar-refractivity contribution in [2.45, 2.75) is 51.1 Å². The van der Waals surface area contributed by atoms with E-state index >= 15 is 0 Å². The molecule has 1 atom stereocenters. The second kappa shape index (κ2) is 13.6. The smallest absolute Gasteiger partial charge is 0.416 e. The number of nitrogens with two attached hydrogens (primary N) is 1. The lowest BCUT2D eigenvalue weighted by atomic mass is 9.80. The van der Waals surface area contributed by atoms with Crippen molar-refractivity contribution in [1.29, 1.82) is 0 Å². The molecule has 8 nitrogen and oxygen atoms in total. The first-order valence-electron chi connectivity index (χ1n) is 14.3. The van der Waals surface area contributed by atoms with Crippen LogP contribution in [0, 0.1) is 0 Å². The normalized spacial score (nSPS) is 17.5. The number of carbonyl (C=O) groups is 2. The zero-order valence-electron chi connectivity index (χ0n) is 25.1. The SMILES string of the molecule is CC1=C(C(=O)OC(C)C)C(c2cccc(C(F)(F)F)c2)C(C(=O)OC2CN(C(c3ccccc3)c3ccccc3)C2)=C(N)N1.O. The Balaban J connectivity index is 0.00000461. The van der Waals surface area contributed by atoms with Crippen molar-refractivity contribution in [3.05, 3.63) is 130 Å². The number of ether oxygens (including phenoxy) is 2. The highest BCUT2D eigenvalue weighted by molar-refractivity contribution is 6.00. The van der Waals surface area contributed by atoms with E-state index in [-0.39, 0.29) is 39.7 Å². The van der Waals surface area contributed by atoms with Crippen molar-refractivity contribution in [2.75, 3.05) is 13.1 Å². The molecule has 238 valence electrons. The number of benzene rings is 3. The van der Waals surface area contributed by atoms with E-state index in [1.807, 2.05) is 60.7 Å². The average molecular weight is 624 g/mol. The van der Waals surface area contributed by atoms with Gasteiger partial charge in [0.25, 0.3) is 0 Å². The first kappa shape index (κ1) is 33.3. The first-order chi connectivity index (χ1) is 20.9. The molecule has 2 aliphatic heterocycles. The monoisotopic (exact) mass is 623 g/mol. The topological polar surface area (TPSA) is 125 Å². The van der Waals surface area contributed by atoms with E-state index in [1.165, 1.54) is 12.1 Å². The second-order valence-electron chi connectivity index (χ2n) is 11.2. The van der Waals surface area contributed by atoms with Gasteiger partial charge in [-0.05, 0) is 43.5 Å². The Morgan fingerprint density at radius 2 is 1.47 bits per heavy atom. The fourth-order valence-electron chi connectivity index (χ4n) is 5.71. The number of halogens is 3. The van der Waals surface area contributed by atoms with Gasteiger partial charge < -0.3 is 26.0 Å². The minimum Gasteiger partial charge on any atom is -0.460 e. The highest BCUT2D eigenvalue weighted by Gasteiger charge is 2.43. The number of carbonyl (C=O) groups excluding carboxylic acids is 2. The highest BCUT2D eigenvalue weighted by atomic mass is 19.4. The number of allylic oxidation sites excluding steroid dienone is 1. The van der Waals surface area contributed by atoms with Crippen LogP contribution in [0.2, 0.25) is 0 Å². The van der Waals surface area contributed by atoms with Crippen molar-refractivity contribution < 1.29 is 37.7 Å². The zero-order valence-corrected chi connectivity index (χ0v) is 25.1. The molecular formula is C34H36F3N3O5. The molecule has 1 fully saturated rings. The summed E-state index contributed by atoms with van der Waals surface area (Å²) >= 11 is 0. The molecule has 0 bridgehead atoms. The first-order valence-corrected chi connectivity index (χ1v) is 14.3. The lowest BCUT2D eigenvalue weighted by Crippen LogP contribution is -2.54.